The number of rotatable bonds is 9. The van der Waals surface area contributed by atoms with Gasteiger partial charge in [0.25, 0.3) is 0 Å². The average Bonchev–Trinajstić information content (AvgIpc) is 2.89. The summed E-state index contributed by atoms with van der Waals surface area (Å²) in [4.78, 5) is 4.99. The van der Waals surface area contributed by atoms with Crippen molar-refractivity contribution in [2.24, 2.45) is 0 Å². The van der Waals surface area contributed by atoms with Gasteiger partial charge in [-0.25, -0.2) is 4.98 Å². The van der Waals surface area contributed by atoms with Gasteiger partial charge in [-0.3, -0.25) is 0 Å². The molecule has 1 aromatic rings. The molecule has 0 aliphatic carbocycles. The lowest BCUT2D eigenvalue weighted by Crippen LogP contribution is -2.44. The van der Waals surface area contributed by atoms with Gasteiger partial charge in [0.05, 0.1) is 17.8 Å². The average molecular weight is 313 g/mol. The van der Waals surface area contributed by atoms with Crippen LogP contribution in [0, 0.1) is 0 Å². The summed E-state index contributed by atoms with van der Waals surface area (Å²) in [7, 11) is 1.75. The molecule has 21 heavy (non-hydrogen) atoms. The van der Waals surface area contributed by atoms with Crippen LogP contribution in [0.4, 0.5) is 0 Å². The van der Waals surface area contributed by atoms with Crippen LogP contribution in [0.3, 0.4) is 0 Å². The third kappa shape index (κ3) is 5.04. The molecule has 0 aliphatic heterocycles. The zero-order valence-electron chi connectivity index (χ0n) is 14.6. The van der Waals surface area contributed by atoms with Crippen molar-refractivity contribution in [3.05, 3.63) is 16.1 Å². The standard InChI is InChI=1S/C17H32N2OS/c1-7-9-17(10-8-2,18-11-12-20-6)15-19-14(13-21-15)16(3,4)5/h13,18H,7-12H2,1-6H3. The van der Waals surface area contributed by atoms with Gasteiger partial charge in [0.15, 0.2) is 0 Å². The highest BCUT2D eigenvalue weighted by Gasteiger charge is 2.34. The van der Waals surface area contributed by atoms with E-state index >= 15 is 0 Å². The summed E-state index contributed by atoms with van der Waals surface area (Å²) in [6.07, 6.45) is 4.57. The fourth-order valence-corrected chi connectivity index (χ4v) is 3.96. The van der Waals surface area contributed by atoms with Gasteiger partial charge in [0.2, 0.25) is 0 Å². The van der Waals surface area contributed by atoms with Gasteiger partial charge < -0.3 is 10.1 Å². The minimum absolute atomic E-state index is 0.0101. The second-order valence-corrected chi connectivity index (χ2v) is 7.65. The van der Waals surface area contributed by atoms with E-state index in [1.165, 1.54) is 10.7 Å². The number of methoxy groups -OCH3 is 1. The molecular weight excluding hydrogens is 280 g/mol. The molecule has 0 radical (unpaired) electrons. The molecule has 1 heterocycles. The molecule has 0 atom stereocenters. The van der Waals surface area contributed by atoms with Crippen LogP contribution >= 0.6 is 11.3 Å². The molecule has 0 spiro atoms. The molecule has 0 amide bonds. The van der Waals surface area contributed by atoms with E-state index in [-0.39, 0.29) is 11.0 Å². The van der Waals surface area contributed by atoms with Gasteiger partial charge in [0, 0.05) is 24.4 Å². The van der Waals surface area contributed by atoms with Gasteiger partial charge in [-0.15, -0.1) is 11.3 Å². The smallest absolute Gasteiger partial charge is 0.113 e. The molecule has 0 fully saturated rings. The van der Waals surface area contributed by atoms with Gasteiger partial charge >= 0.3 is 0 Å². The molecule has 1 aromatic heterocycles. The van der Waals surface area contributed by atoms with Crippen LogP contribution in [0.2, 0.25) is 0 Å². The van der Waals surface area contributed by atoms with Crippen molar-refractivity contribution in [1.29, 1.82) is 0 Å². The first-order valence-electron chi connectivity index (χ1n) is 8.10. The Hall–Kier alpha value is -0.450. The highest BCUT2D eigenvalue weighted by molar-refractivity contribution is 7.09. The highest BCUT2D eigenvalue weighted by Crippen LogP contribution is 2.36. The Balaban J connectivity index is 3.05. The number of hydrogen-bond acceptors (Lipinski definition) is 4. The summed E-state index contributed by atoms with van der Waals surface area (Å²) in [6, 6.07) is 0. The minimum atomic E-state index is 0.0101. The first-order chi connectivity index (χ1) is 9.89. The fourth-order valence-electron chi connectivity index (χ4n) is 2.68. The molecule has 0 bridgehead atoms. The summed E-state index contributed by atoms with van der Waals surface area (Å²) in [5.41, 5.74) is 1.33. The second-order valence-electron chi connectivity index (χ2n) is 6.79. The first-order valence-corrected chi connectivity index (χ1v) is 8.98. The van der Waals surface area contributed by atoms with E-state index in [4.69, 9.17) is 9.72 Å². The van der Waals surface area contributed by atoms with Crippen LogP contribution in [0.1, 0.15) is 71.0 Å². The zero-order chi connectivity index (χ0) is 15.9. The Labute approximate surface area is 134 Å². The molecule has 0 aliphatic rings. The van der Waals surface area contributed by atoms with Crippen molar-refractivity contribution in [3.63, 3.8) is 0 Å². The largest absolute Gasteiger partial charge is 0.383 e. The van der Waals surface area contributed by atoms with Crippen LogP contribution in [-0.2, 0) is 15.7 Å². The number of ether oxygens (including phenoxy) is 1. The lowest BCUT2D eigenvalue weighted by Gasteiger charge is -2.33. The van der Waals surface area contributed by atoms with Gasteiger partial charge in [0.1, 0.15) is 5.01 Å². The number of nitrogens with one attached hydrogen (secondary N) is 1. The van der Waals surface area contributed by atoms with Crippen molar-refractivity contribution in [1.82, 2.24) is 10.3 Å². The monoisotopic (exact) mass is 312 g/mol. The summed E-state index contributed by atoms with van der Waals surface area (Å²) < 4.78 is 5.21. The molecule has 0 saturated carbocycles. The van der Waals surface area contributed by atoms with Gasteiger partial charge in [-0.1, -0.05) is 47.5 Å². The van der Waals surface area contributed by atoms with Crippen LogP contribution in [-0.4, -0.2) is 25.2 Å². The van der Waals surface area contributed by atoms with Gasteiger partial charge in [-0.05, 0) is 12.8 Å². The fraction of sp³-hybridized carbons (Fsp3) is 0.824. The molecule has 3 nitrogen and oxygen atoms in total. The second kappa shape index (κ2) is 8.25. The van der Waals surface area contributed by atoms with Crippen molar-refractivity contribution in [2.45, 2.75) is 71.3 Å². The van der Waals surface area contributed by atoms with Crippen molar-refractivity contribution in [3.8, 4) is 0 Å². The van der Waals surface area contributed by atoms with Crippen molar-refractivity contribution in [2.75, 3.05) is 20.3 Å². The van der Waals surface area contributed by atoms with E-state index in [1.807, 2.05) is 0 Å². The SMILES string of the molecule is CCCC(CCC)(NCCOC)c1nc(C(C)(C)C)cs1. The first kappa shape index (κ1) is 18.6. The Morgan fingerprint density at radius 3 is 2.24 bits per heavy atom. The molecular formula is C17H32N2OS. The summed E-state index contributed by atoms with van der Waals surface area (Å²) >= 11 is 1.81. The normalized spacial score (nSPS) is 12.9. The van der Waals surface area contributed by atoms with Crippen molar-refractivity contribution < 1.29 is 4.74 Å². The quantitative estimate of drug-likeness (QED) is 0.683. The van der Waals surface area contributed by atoms with Crippen LogP contribution in [0.25, 0.3) is 0 Å². The maximum absolute atomic E-state index is 5.21. The third-order valence-corrected chi connectivity index (χ3v) is 4.85. The molecule has 1 N–H and O–H groups in total. The van der Waals surface area contributed by atoms with E-state index in [9.17, 15) is 0 Å². The van der Waals surface area contributed by atoms with E-state index in [1.54, 1.807) is 18.4 Å². The molecule has 1 rings (SSSR count). The number of aromatic nitrogens is 1. The topological polar surface area (TPSA) is 34.1 Å². The molecule has 0 unspecified atom stereocenters. The highest BCUT2D eigenvalue weighted by atomic mass is 32.1. The zero-order valence-corrected chi connectivity index (χ0v) is 15.4. The van der Waals surface area contributed by atoms with Gasteiger partial charge in [-0.2, -0.15) is 0 Å². The predicted octanol–water partition coefficient (Wildman–Crippen LogP) is 4.47. The summed E-state index contributed by atoms with van der Waals surface area (Å²) in [5, 5.41) is 7.21. The Morgan fingerprint density at radius 2 is 1.81 bits per heavy atom. The molecule has 0 saturated heterocycles. The molecule has 122 valence electrons. The number of nitrogens with zero attached hydrogens (tertiary/aromatic N) is 1. The Bertz CT molecular complexity index is 403. The third-order valence-electron chi connectivity index (χ3n) is 3.81. The van der Waals surface area contributed by atoms with E-state index in [0.29, 0.717) is 0 Å². The lowest BCUT2D eigenvalue weighted by atomic mass is 9.88. The van der Waals surface area contributed by atoms with Crippen LogP contribution in [0.15, 0.2) is 5.38 Å². The maximum atomic E-state index is 5.21. The molecule has 4 heteroatoms. The van der Waals surface area contributed by atoms with E-state index in [2.05, 4.69) is 45.3 Å². The summed E-state index contributed by atoms with van der Waals surface area (Å²) in [6.45, 7) is 12.8. The van der Waals surface area contributed by atoms with Crippen LogP contribution < -0.4 is 5.32 Å². The predicted molar refractivity (Wildman–Crippen MR) is 92.2 cm³/mol. The van der Waals surface area contributed by atoms with E-state index in [0.717, 1.165) is 38.8 Å². The Morgan fingerprint density at radius 1 is 1.19 bits per heavy atom. The lowest BCUT2D eigenvalue weighted by molar-refractivity contribution is 0.176. The number of thiazole rings is 1. The van der Waals surface area contributed by atoms with E-state index < -0.39 is 0 Å². The Kier molecular flexibility index (Phi) is 7.31. The van der Waals surface area contributed by atoms with Crippen LogP contribution in [0.5, 0.6) is 0 Å². The minimum Gasteiger partial charge on any atom is -0.383 e. The summed E-state index contributed by atoms with van der Waals surface area (Å²) in [5.74, 6) is 0. The van der Waals surface area contributed by atoms with Crippen molar-refractivity contribution >= 4 is 11.3 Å². The number of hydrogen-bond donors (Lipinski definition) is 1. The molecule has 0 aromatic carbocycles. The maximum Gasteiger partial charge on any atom is 0.113 e.